The van der Waals surface area contributed by atoms with Crippen LogP contribution in [0.4, 0.5) is 0 Å². The lowest BCUT2D eigenvalue weighted by atomic mass is 10.0. The number of nitrogens with one attached hydrogen (secondary N) is 1. The Morgan fingerprint density at radius 2 is 1.94 bits per heavy atom. The Balaban J connectivity index is 2.41. The second-order valence-corrected chi connectivity index (χ2v) is 4.35. The summed E-state index contributed by atoms with van der Waals surface area (Å²) in [5.74, 6) is -0.887. The molecular formula is C14H19NO3. The number of carbonyl (C=O) groups excluding carboxylic acids is 1. The zero-order valence-corrected chi connectivity index (χ0v) is 10.8. The topological polar surface area (TPSA) is 66.4 Å². The van der Waals surface area contributed by atoms with Gasteiger partial charge >= 0.3 is 5.97 Å². The van der Waals surface area contributed by atoms with E-state index >= 15 is 0 Å². The maximum atomic E-state index is 11.9. The number of carboxylic acids is 1. The van der Waals surface area contributed by atoms with E-state index < -0.39 is 5.97 Å². The van der Waals surface area contributed by atoms with Crippen molar-refractivity contribution in [2.45, 2.75) is 33.1 Å². The average Bonchev–Trinajstić information content (AvgIpc) is 2.31. The summed E-state index contributed by atoms with van der Waals surface area (Å²) in [6.07, 6.45) is 1.42. The van der Waals surface area contributed by atoms with Gasteiger partial charge in [-0.2, -0.15) is 0 Å². The van der Waals surface area contributed by atoms with Crippen molar-refractivity contribution in [2.75, 3.05) is 6.54 Å². The molecule has 0 aliphatic rings. The quantitative estimate of drug-likeness (QED) is 0.760. The molecule has 0 fully saturated rings. The van der Waals surface area contributed by atoms with E-state index in [9.17, 15) is 9.59 Å². The highest BCUT2D eigenvalue weighted by Gasteiger charge is 2.09. The van der Waals surface area contributed by atoms with Crippen LogP contribution in [0.1, 0.15) is 40.7 Å². The van der Waals surface area contributed by atoms with Gasteiger partial charge < -0.3 is 10.4 Å². The van der Waals surface area contributed by atoms with Gasteiger partial charge in [0.1, 0.15) is 0 Å². The van der Waals surface area contributed by atoms with Crippen LogP contribution in [-0.4, -0.2) is 23.5 Å². The van der Waals surface area contributed by atoms with Crippen molar-refractivity contribution >= 4 is 11.9 Å². The van der Waals surface area contributed by atoms with E-state index in [1.165, 1.54) is 0 Å². The number of aliphatic carboxylic acids is 1. The molecule has 98 valence electrons. The van der Waals surface area contributed by atoms with Gasteiger partial charge in [-0.1, -0.05) is 12.1 Å². The summed E-state index contributed by atoms with van der Waals surface area (Å²) in [4.78, 5) is 22.2. The number of amides is 1. The van der Waals surface area contributed by atoms with Gasteiger partial charge in [-0.15, -0.1) is 0 Å². The predicted molar refractivity (Wildman–Crippen MR) is 69.7 cm³/mol. The molecule has 1 amide bonds. The molecule has 1 rings (SSSR count). The van der Waals surface area contributed by atoms with Crippen LogP contribution in [0.25, 0.3) is 0 Å². The average molecular weight is 249 g/mol. The summed E-state index contributed by atoms with van der Waals surface area (Å²) in [5.41, 5.74) is 2.77. The Morgan fingerprint density at radius 3 is 2.61 bits per heavy atom. The monoisotopic (exact) mass is 249 g/mol. The lowest BCUT2D eigenvalue weighted by Crippen LogP contribution is -2.25. The fourth-order valence-corrected chi connectivity index (χ4v) is 1.70. The summed E-state index contributed by atoms with van der Waals surface area (Å²) in [5, 5.41) is 11.3. The maximum Gasteiger partial charge on any atom is 0.303 e. The highest BCUT2D eigenvalue weighted by atomic mass is 16.4. The molecule has 0 aliphatic carbocycles. The third kappa shape index (κ3) is 4.20. The molecule has 18 heavy (non-hydrogen) atoms. The number of unbranched alkanes of at least 4 members (excludes halogenated alkanes) is 1. The molecule has 0 bridgehead atoms. The normalized spacial score (nSPS) is 10.1. The number of benzene rings is 1. The van der Waals surface area contributed by atoms with E-state index in [1.54, 1.807) is 6.07 Å². The van der Waals surface area contributed by atoms with Gasteiger partial charge in [-0.25, -0.2) is 0 Å². The number of hydrogen-bond donors (Lipinski definition) is 2. The lowest BCUT2D eigenvalue weighted by molar-refractivity contribution is -0.137. The van der Waals surface area contributed by atoms with Gasteiger partial charge in [0.15, 0.2) is 0 Å². The van der Waals surface area contributed by atoms with E-state index in [-0.39, 0.29) is 12.3 Å². The van der Waals surface area contributed by atoms with E-state index in [0.29, 0.717) is 24.9 Å². The highest BCUT2D eigenvalue weighted by Crippen LogP contribution is 2.12. The van der Waals surface area contributed by atoms with Crippen molar-refractivity contribution in [1.82, 2.24) is 5.32 Å². The third-order valence-electron chi connectivity index (χ3n) is 2.95. The first-order valence-electron chi connectivity index (χ1n) is 6.08. The molecule has 0 spiro atoms. The lowest BCUT2D eigenvalue weighted by Gasteiger charge is -2.09. The second kappa shape index (κ2) is 6.79. The highest BCUT2D eigenvalue weighted by molar-refractivity contribution is 5.95. The third-order valence-corrected chi connectivity index (χ3v) is 2.95. The van der Waals surface area contributed by atoms with E-state index in [1.807, 2.05) is 26.0 Å². The first-order chi connectivity index (χ1) is 8.52. The first-order valence-corrected chi connectivity index (χ1v) is 6.08. The Hall–Kier alpha value is -1.84. The van der Waals surface area contributed by atoms with Crippen LogP contribution in [-0.2, 0) is 4.79 Å². The number of hydrogen-bond acceptors (Lipinski definition) is 2. The van der Waals surface area contributed by atoms with Crippen LogP contribution in [0.3, 0.4) is 0 Å². The molecule has 1 aromatic carbocycles. The minimum atomic E-state index is -0.796. The Labute approximate surface area is 107 Å². The van der Waals surface area contributed by atoms with E-state index in [0.717, 1.165) is 11.1 Å². The molecule has 0 saturated carbocycles. The van der Waals surface area contributed by atoms with Gasteiger partial charge in [0.05, 0.1) is 0 Å². The molecule has 4 nitrogen and oxygen atoms in total. The molecule has 0 saturated heterocycles. The van der Waals surface area contributed by atoms with Gasteiger partial charge in [-0.05, 0) is 43.9 Å². The molecule has 4 heteroatoms. The second-order valence-electron chi connectivity index (χ2n) is 4.35. The molecule has 0 heterocycles. The summed E-state index contributed by atoms with van der Waals surface area (Å²) in [7, 11) is 0. The first kappa shape index (κ1) is 14.2. The largest absolute Gasteiger partial charge is 0.481 e. The Kier molecular flexibility index (Phi) is 5.36. The van der Waals surface area contributed by atoms with Crippen LogP contribution in [0.5, 0.6) is 0 Å². The van der Waals surface area contributed by atoms with Crippen LogP contribution < -0.4 is 5.32 Å². The maximum absolute atomic E-state index is 11.9. The summed E-state index contributed by atoms with van der Waals surface area (Å²) >= 11 is 0. The van der Waals surface area contributed by atoms with Gasteiger partial charge in [0, 0.05) is 18.5 Å². The van der Waals surface area contributed by atoms with Crippen LogP contribution in [0.2, 0.25) is 0 Å². The fraction of sp³-hybridized carbons (Fsp3) is 0.429. The van der Waals surface area contributed by atoms with Crippen molar-refractivity contribution in [2.24, 2.45) is 0 Å². The van der Waals surface area contributed by atoms with Crippen molar-refractivity contribution in [3.05, 3.63) is 34.9 Å². The smallest absolute Gasteiger partial charge is 0.303 e. The van der Waals surface area contributed by atoms with Crippen molar-refractivity contribution in [3.8, 4) is 0 Å². The van der Waals surface area contributed by atoms with Crippen LogP contribution in [0.15, 0.2) is 18.2 Å². The van der Waals surface area contributed by atoms with Crippen molar-refractivity contribution in [3.63, 3.8) is 0 Å². The van der Waals surface area contributed by atoms with Gasteiger partial charge in [-0.3, -0.25) is 9.59 Å². The molecule has 0 aromatic heterocycles. The van der Waals surface area contributed by atoms with E-state index in [2.05, 4.69) is 5.32 Å². The standard InChI is InChI=1S/C14H19NO3/c1-10-6-5-7-12(11(10)2)14(18)15-9-4-3-8-13(16)17/h5-7H,3-4,8-9H2,1-2H3,(H,15,18)(H,16,17). The van der Waals surface area contributed by atoms with Gasteiger partial charge in [0.2, 0.25) is 0 Å². The minimum Gasteiger partial charge on any atom is -0.481 e. The van der Waals surface area contributed by atoms with Crippen LogP contribution in [0, 0.1) is 13.8 Å². The van der Waals surface area contributed by atoms with Crippen LogP contribution >= 0.6 is 0 Å². The summed E-state index contributed by atoms with van der Waals surface area (Å²) in [6.45, 7) is 4.41. The number of carboxylic acid groups (broad SMARTS) is 1. The van der Waals surface area contributed by atoms with Crippen molar-refractivity contribution in [1.29, 1.82) is 0 Å². The number of rotatable bonds is 6. The fourth-order valence-electron chi connectivity index (χ4n) is 1.70. The Bertz CT molecular complexity index is 441. The molecule has 1 aromatic rings. The zero-order valence-electron chi connectivity index (χ0n) is 10.8. The zero-order chi connectivity index (χ0) is 13.5. The molecule has 0 radical (unpaired) electrons. The molecular weight excluding hydrogens is 230 g/mol. The molecule has 0 aliphatic heterocycles. The van der Waals surface area contributed by atoms with E-state index in [4.69, 9.17) is 5.11 Å². The van der Waals surface area contributed by atoms with Crippen molar-refractivity contribution < 1.29 is 14.7 Å². The Morgan fingerprint density at radius 1 is 1.22 bits per heavy atom. The minimum absolute atomic E-state index is 0.0912. The summed E-state index contributed by atoms with van der Waals surface area (Å²) in [6, 6.07) is 5.63. The SMILES string of the molecule is Cc1cccc(C(=O)NCCCCC(=O)O)c1C. The molecule has 0 unspecified atom stereocenters. The summed E-state index contributed by atoms with van der Waals surface area (Å²) < 4.78 is 0. The number of aryl methyl sites for hydroxylation is 1. The molecule has 2 N–H and O–H groups in total. The number of carbonyl (C=O) groups is 2. The predicted octanol–water partition coefficient (Wildman–Crippen LogP) is 2.29. The molecule has 0 atom stereocenters. The van der Waals surface area contributed by atoms with Gasteiger partial charge in [0.25, 0.3) is 5.91 Å².